The van der Waals surface area contributed by atoms with E-state index >= 15 is 0 Å². The molecule has 0 saturated heterocycles. The van der Waals surface area contributed by atoms with Gasteiger partial charge in [-0.1, -0.05) is 13.3 Å². The number of carbonyl (C=O) groups is 1. The van der Waals surface area contributed by atoms with Crippen LogP contribution in [0, 0.1) is 0 Å². The molecule has 78 valence electrons. The van der Waals surface area contributed by atoms with E-state index in [1.807, 2.05) is 0 Å². The van der Waals surface area contributed by atoms with E-state index < -0.39 is 21.3 Å². The Morgan fingerprint density at radius 3 is 2.31 bits per heavy atom. The normalized spacial score (nSPS) is 13.8. The van der Waals surface area contributed by atoms with Crippen molar-refractivity contribution in [3.63, 3.8) is 0 Å². The molecule has 13 heavy (non-hydrogen) atoms. The summed E-state index contributed by atoms with van der Waals surface area (Å²) in [7, 11) is -4.32. The lowest BCUT2D eigenvalue weighted by atomic mass is 10.2. The third-order valence-corrected chi connectivity index (χ3v) is 2.61. The van der Waals surface area contributed by atoms with Gasteiger partial charge in [-0.2, -0.15) is 8.42 Å². The fourth-order valence-corrected chi connectivity index (χ4v) is 1.73. The predicted molar refractivity (Wildman–Crippen MR) is 46.9 cm³/mol. The first-order chi connectivity index (χ1) is 5.93. The molecule has 0 aromatic heterocycles. The van der Waals surface area contributed by atoms with Gasteiger partial charge in [-0.3, -0.25) is 9.35 Å². The lowest BCUT2D eigenvalue weighted by molar-refractivity contribution is -0.142. The SMILES string of the molecule is CCCC(C(=O)OCC)S(=O)(=O)O. The fourth-order valence-electron chi connectivity index (χ4n) is 0.886. The van der Waals surface area contributed by atoms with Gasteiger partial charge in [0.05, 0.1) is 6.61 Å². The number of rotatable bonds is 5. The van der Waals surface area contributed by atoms with E-state index in [9.17, 15) is 13.2 Å². The maximum absolute atomic E-state index is 11.0. The number of carbonyl (C=O) groups excluding carboxylic acids is 1. The zero-order chi connectivity index (χ0) is 10.5. The molecule has 0 fully saturated rings. The van der Waals surface area contributed by atoms with Crippen LogP contribution in [0.4, 0.5) is 0 Å². The lowest BCUT2D eigenvalue weighted by Gasteiger charge is -2.10. The molecule has 0 aliphatic carbocycles. The second kappa shape index (κ2) is 5.18. The van der Waals surface area contributed by atoms with Crippen molar-refractivity contribution in [2.45, 2.75) is 31.9 Å². The van der Waals surface area contributed by atoms with E-state index in [1.165, 1.54) is 0 Å². The standard InChI is InChI=1S/C7H14O5S/c1-3-5-6(13(9,10)11)7(8)12-4-2/h6H,3-5H2,1-2H3,(H,9,10,11). The van der Waals surface area contributed by atoms with Gasteiger partial charge in [0.25, 0.3) is 10.1 Å². The van der Waals surface area contributed by atoms with Crippen molar-refractivity contribution < 1.29 is 22.5 Å². The predicted octanol–water partition coefficient (Wildman–Crippen LogP) is 0.606. The van der Waals surface area contributed by atoms with Crippen molar-refractivity contribution in [3.05, 3.63) is 0 Å². The average molecular weight is 210 g/mol. The van der Waals surface area contributed by atoms with Crippen LogP contribution >= 0.6 is 0 Å². The highest BCUT2D eigenvalue weighted by molar-refractivity contribution is 7.87. The van der Waals surface area contributed by atoms with Crippen LogP contribution < -0.4 is 0 Å². The second-order valence-electron chi connectivity index (χ2n) is 2.54. The third-order valence-electron chi connectivity index (χ3n) is 1.46. The van der Waals surface area contributed by atoms with Crippen LogP contribution in [-0.4, -0.2) is 30.8 Å². The molecule has 0 spiro atoms. The molecule has 0 aliphatic heterocycles. The van der Waals surface area contributed by atoms with E-state index in [-0.39, 0.29) is 13.0 Å². The smallest absolute Gasteiger partial charge is 0.326 e. The largest absolute Gasteiger partial charge is 0.465 e. The molecule has 1 unspecified atom stereocenters. The molecule has 0 radical (unpaired) electrons. The summed E-state index contributed by atoms with van der Waals surface area (Å²) in [4.78, 5) is 11.0. The summed E-state index contributed by atoms with van der Waals surface area (Å²) in [6.07, 6.45) is 0.570. The van der Waals surface area contributed by atoms with Crippen LogP contribution in [-0.2, 0) is 19.6 Å². The zero-order valence-corrected chi connectivity index (χ0v) is 8.50. The van der Waals surface area contributed by atoms with E-state index in [2.05, 4.69) is 4.74 Å². The first-order valence-corrected chi connectivity index (χ1v) is 5.56. The molecule has 0 aliphatic rings. The minimum Gasteiger partial charge on any atom is -0.465 e. The van der Waals surface area contributed by atoms with Crippen LogP contribution in [0.1, 0.15) is 26.7 Å². The summed E-state index contributed by atoms with van der Waals surface area (Å²) in [5, 5.41) is -1.43. The molecule has 0 bridgehead atoms. The molecular weight excluding hydrogens is 196 g/mol. The van der Waals surface area contributed by atoms with Gasteiger partial charge in [0.1, 0.15) is 0 Å². The molecule has 0 aromatic carbocycles. The van der Waals surface area contributed by atoms with E-state index in [0.29, 0.717) is 6.42 Å². The molecule has 1 atom stereocenters. The molecule has 0 heterocycles. The van der Waals surface area contributed by atoms with E-state index in [4.69, 9.17) is 4.55 Å². The number of esters is 1. The van der Waals surface area contributed by atoms with Crippen molar-refractivity contribution in [2.24, 2.45) is 0 Å². The van der Waals surface area contributed by atoms with Crippen LogP contribution in [0.2, 0.25) is 0 Å². The monoisotopic (exact) mass is 210 g/mol. The van der Waals surface area contributed by atoms with Crippen molar-refractivity contribution in [2.75, 3.05) is 6.61 Å². The second-order valence-corrected chi connectivity index (χ2v) is 4.14. The summed E-state index contributed by atoms with van der Waals surface area (Å²) >= 11 is 0. The molecule has 6 heteroatoms. The van der Waals surface area contributed by atoms with Crippen LogP contribution in [0.25, 0.3) is 0 Å². The maximum Gasteiger partial charge on any atom is 0.326 e. The molecule has 0 rings (SSSR count). The Bertz CT molecular complexity index is 256. The third kappa shape index (κ3) is 4.23. The quantitative estimate of drug-likeness (QED) is 0.531. The minimum atomic E-state index is -4.32. The summed E-state index contributed by atoms with van der Waals surface area (Å²) in [6, 6.07) is 0. The molecule has 1 N–H and O–H groups in total. The van der Waals surface area contributed by atoms with Gasteiger partial charge in [0.15, 0.2) is 5.25 Å². The van der Waals surface area contributed by atoms with Gasteiger partial charge in [-0.05, 0) is 13.3 Å². The maximum atomic E-state index is 11.0. The van der Waals surface area contributed by atoms with Crippen molar-refractivity contribution >= 4 is 16.1 Å². The van der Waals surface area contributed by atoms with Gasteiger partial charge >= 0.3 is 5.97 Å². The fraction of sp³-hybridized carbons (Fsp3) is 0.857. The van der Waals surface area contributed by atoms with Gasteiger partial charge in [0.2, 0.25) is 0 Å². The zero-order valence-electron chi connectivity index (χ0n) is 7.69. The van der Waals surface area contributed by atoms with Crippen LogP contribution in [0.5, 0.6) is 0 Å². The Morgan fingerprint density at radius 1 is 1.46 bits per heavy atom. The van der Waals surface area contributed by atoms with E-state index in [0.717, 1.165) is 0 Å². The minimum absolute atomic E-state index is 0.0810. The Hall–Kier alpha value is -0.620. The van der Waals surface area contributed by atoms with E-state index in [1.54, 1.807) is 13.8 Å². The molecule has 0 aromatic rings. The van der Waals surface area contributed by atoms with Crippen molar-refractivity contribution in [1.82, 2.24) is 0 Å². The Kier molecular flexibility index (Phi) is 4.94. The average Bonchev–Trinajstić information content (AvgIpc) is 1.98. The van der Waals surface area contributed by atoms with Gasteiger partial charge < -0.3 is 4.74 Å². The van der Waals surface area contributed by atoms with Crippen LogP contribution in [0.3, 0.4) is 0 Å². The highest BCUT2D eigenvalue weighted by atomic mass is 32.2. The first kappa shape index (κ1) is 12.4. The summed E-state index contributed by atoms with van der Waals surface area (Å²) < 4.78 is 34.6. The number of ether oxygens (including phenoxy) is 1. The lowest BCUT2D eigenvalue weighted by Crippen LogP contribution is -2.31. The Labute approximate surface area is 77.8 Å². The van der Waals surface area contributed by atoms with Crippen molar-refractivity contribution in [1.29, 1.82) is 0 Å². The Balaban J connectivity index is 4.52. The molecule has 5 nitrogen and oxygen atoms in total. The highest BCUT2D eigenvalue weighted by Gasteiger charge is 2.31. The highest BCUT2D eigenvalue weighted by Crippen LogP contribution is 2.09. The number of hydrogen-bond donors (Lipinski definition) is 1. The van der Waals surface area contributed by atoms with Crippen LogP contribution in [0.15, 0.2) is 0 Å². The molecular formula is C7H14O5S. The van der Waals surface area contributed by atoms with Crippen molar-refractivity contribution in [3.8, 4) is 0 Å². The summed E-state index contributed by atoms with van der Waals surface area (Å²) in [5.41, 5.74) is 0. The molecule has 0 amide bonds. The summed E-state index contributed by atoms with van der Waals surface area (Å²) in [5.74, 6) is -0.883. The first-order valence-electron chi connectivity index (χ1n) is 4.06. The Morgan fingerprint density at radius 2 is 2.00 bits per heavy atom. The summed E-state index contributed by atoms with van der Waals surface area (Å²) in [6.45, 7) is 3.40. The molecule has 0 saturated carbocycles. The topological polar surface area (TPSA) is 80.7 Å². The van der Waals surface area contributed by atoms with Gasteiger partial charge in [-0.25, -0.2) is 0 Å². The number of hydrogen-bond acceptors (Lipinski definition) is 4. The van der Waals surface area contributed by atoms with Gasteiger partial charge in [-0.15, -0.1) is 0 Å². The van der Waals surface area contributed by atoms with Gasteiger partial charge in [0, 0.05) is 0 Å².